The van der Waals surface area contributed by atoms with E-state index in [-0.39, 0.29) is 29.7 Å². The van der Waals surface area contributed by atoms with Crippen LogP contribution in [0.5, 0.6) is 5.75 Å². The number of carbonyl (C=O) groups excluding carboxylic acids is 1. The van der Waals surface area contributed by atoms with Crippen LogP contribution in [0.2, 0.25) is 5.02 Å². The number of carbonyl (C=O) groups is 1. The number of rotatable bonds is 8. The zero-order valence-electron chi connectivity index (χ0n) is 16.0. The van der Waals surface area contributed by atoms with Crippen molar-refractivity contribution in [2.45, 2.75) is 39.8 Å². The molecule has 0 aliphatic heterocycles. The third-order valence-corrected chi connectivity index (χ3v) is 5.80. The molecule has 0 fully saturated rings. The van der Waals surface area contributed by atoms with Gasteiger partial charge in [0.05, 0.1) is 17.9 Å². The second-order valence-electron chi connectivity index (χ2n) is 6.35. The topological polar surface area (TPSA) is 63.7 Å². The molecule has 28 heavy (non-hydrogen) atoms. The van der Waals surface area contributed by atoms with Crippen molar-refractivity contribution in [3.63, 3.8) is 0 Å². The highest BCUT2D eigenvalue weighted by atomic mass is 35.5. The Morgan fingerprint density at radius 2 is 1.89 bits per heavy atom. The maximum Gasteiger partial charge on any atom is 0.308 e. The van der Waals surface area contributed by atoms with Crippen molar-refractivity contribution in [1.82, 2.24) is 4.90 Å². The van der Waals surface area contributed by atoms with E-state index in [1.807, 2.05) is 13.8 Å². The third kappa shape index (κ3) is 5.45. The van der Waals surface area contributed by atoms with Gasteiger partial charge in [0.15, 0.2) is 0 Å². The summed E-state index contributed by atoms with van der Waals surface area (Å²) >= 11 is 6.07. The van der Waals surface area contributed by atoms with Crippen LogP contribution in [0.25, 0.3) is 0 Å². The largest absolute Gasteiger partial charge is 0.382 e. The van der Waals surface area contributed by atoms with E-state index in [9.17, 15) is 17.6 Å². The molecule has 8 heteroatoms. The molecule has 0 spiro atoms. The Morgan fingerprint density at radius 1 is 1.21 bits per heavy atom. The van der Waals surface area contributed by atoms with E-state index in [2.05, 4.69) is 0 Å². The Bertz CT molecular complexity index is 949. The number of benzene rings is 2. The fourth-order valence-electron chi connectivity index (χ4n) is 2.57. The molecule has 0 radical (unpaired) electrons. The predicted octanol–water partition coefficient (Wildman–Crippen LogP) is 4.65. The lowest BCUT2D eigenvalue weighted by molar-refractivity contribution is 0.0666. The molecule has 1 unspecified atom stereocenters. The second-order valence-corrected chi connectivity index (χ2v) is 8.65. The van der Waals surface area contributed by atoms with Crippen LogP contribution >= 0.6 is 11.6 Å². The number of hydrogen-bond donors (Lipinski definition) is 0. The monoisotopic (exact) mass is 427 g/mol. The van der Waals surface area contributed by atoms with Gasteiger partial charge in [0.1, 0.15) is 11.6 Å². The van der Waals surface area contributed by atoms with Crippen molar-refractivity contribution < 1.29 is 21.8 Å². The standard InChI is InChI=1S/C20H23ClFNO4S/c1-4-14(3)23(20(24)17-8-6-7-9-18(17)22)13-15-12-16(21)10-11-19(15)27-28(25,26)5-2/h6-12,14H,4-5,13H2,1-3H3. The fraction of sp³-hybridized carbons (Fsp3) is 0.350. The van der Waals surface area contributed by atoms with Gasteiger partial charge in [-0.3, -0.25) is 4.79 Å². The Labute approximate surface area is 170 Å². The van der Waals surface area contributed by atoms with E-state index in [0.717, 1.165) is 0 Å². The second kappa shape index (κ2) is 9.39. The van der Waals surface area contributed by atoms with Gasteiger partial charge >= 0.3 is 10.1 Å². The molecule has 0 bridgehead atoms. The van der Waals surface area contributed by atoms with E-state index in [1.165, 1.54) is 42.2 Å². The van der Waals surface area contributed by atoms with Gasteiger partial charge in [-0.25, -0.2) is 4.39 Å². The molecule has 0 N–H and O–H groups in total. The summed E-state index contributed by atoms with van der Waals surface area (Å²) in [6, 6.07) is 10.0. The van der Waals surface area contributed by atoms with Crippen molar-refractivity contribution in [1.29, 1.82) is 0 Å². The minimum atomic E-state index is -3.76. The maximum atomic E-state index is 14.1. The van der Waals surface area contributed by atoms with Gasteiger partial charge in [-0.1, -0.05) is 30.7 Å². The molecule has 0 aromatic heterocycles. The summed E-state index contributed by atoms with van der Waals surface area (Å²) in [6.45, 7) is 5.24. The van der Waals surface area contributed by atoms with Crippen molar-refractivity contribution >= 4 is 27.6 Å². The predicted molar refractivity (Wildman–Crippen MR) is 108 cm³/mol. The molecule has 0 saturated carbocycles. The summed E-state index contributed by atoms with van der Waals surface area (Å²) in [5, 5.41) is 0.374. The fourth-order valence-corrected chi connectivity index (χ4v) is 3.32. The molecule has 2 rings (SSSR count). The van der Waals surface area contributed by atoms with E-state index in [1.54, 1.807) is 12.1 Å². The first-order valence-corrected chi connectivity index (χ1v) is 10.9. The Balaban J connectivity index is 2.44. The van der Waals surface area contributed by atoms with Gasteiger partial charge in [-0.2, -0.15) is 8.42 Å². The van der Waals surface area contributed by atoms with Crippen LogP contribution in [-0.2, 0) is 16.7 Å². The summed E-state index contributed by atoms with van der Waals surface area (Å²) in [6.07, 6.45) is 0.629. The highest BCUT2D eigenvalue weighted by Crippen LogP contribution is 2.28. The zero-order chi connectivity index (χ0) is 20.9. The van der Waals surface area contributed by atoms with E-state index in [4.69, 9.17) is 15.8 Å². The molecule has 0 aliphatic carbocycles. The Kier molecular flexibility index (Phi) is 7.43. The number of amides is 1. The van der Waals surface area contributed by atoms with Gasteiger partial charge in [-0.15, -0.1) is 0 Å². The molecule has 1 amide bonds. The van der Waals surface area contributed by atoms with Crippen molar-refractivity contribution in [2.75, 3.05) is 5.75 Å². The van der Waals surface area contributed by atoms with Crippen molar-refractivity contribution in [3.8, 4) is 5.75 Å². The first-order valence-electron chi connectivity index (χ1n) is 8.94. The maximum absolute atomic E-state index is 14.1. The number of hydrogen-bond acceptors (Lipinski definition) is 4. The summed E-state index contributed by atoms with van der Waals surface area (Å²) in [5.41, 5.74) is 0.378. The molecule has 1 atom stereocenters. The summed E-state index contributed by atoms with van der Waals surface area (Å²) in [7, 11) is -3.76. The number of halogens is 2. The molecule has 0 saturated heterocycles. The molecule has 2 aromatic rings. The summed E-state index contributed by atoms with van der Waals surface area (Å²) < 4.78 is 43.1. The first-order chi connectivity index (χ1) is 13.2. The quantitative estimate of drug-likeness (QED) is 0.575. The minimum absolute atomic E-state index is 0.0251. The highest BCUT2D eigenvalue weighted by molar-refractivity contribution is 7.87. The van der Waals surface area contributed by atoms with E-state index < -0.39 is 21.8 Å². The van der Waals surface area contributed by atoms with E-state index in [0.29, 0.717) is 17.0 Å². The van der Waals surface area contributed by atoms with Crippen LogP contribution < -0.4 is 4.18 Å². The van der Waals surface area contributed by atoms with Crippen LogP contribution in [0.1, 0.15) is 43.1 Å². The molecule has 152 valence electrons. The van der Waals surface area contributed by atoms with Crippen LogP contribution in [0.4, 0.5) is 4.39 Å². The molecule has 0 heterocycles. The highest BCUT2D eigenvalue weighted by Gasteiger charge is 2.25. The lowest BCUT2D eigenvalue weighted by atomic mass is 10.1. The first kappa shape index (κ1) is 22.2. The number of nitrogens with zero attached hydrogens (tertiary/aromatic N) is 1. The van der Waals surface area contributed by atoms with Crippen molar-refractivity contribution in [3.05, 3.63) is 64.4 Å². The SMILES string of the molecule is CCC(C)N(Cc1cc(Cl)ccc1OS(=O)(=O)CC)C(=O)c1ccccc1F. The lowest BCUT2D eigenvalue weighted by Crippen LogP contribution is -2.38. The van der Waals surface area contributed by atoms with Gasteiger partial charge < -0.3 is 9.08 Å². The average molecular weight is 428 g/mol. The van der Waals surface area contributed by atoms with Crippen LogP contribution in [0, 0.1) is 5.82 Å². The van der Waals surface area contributed by atoms with Gasteiger partial charge in [0, 0.05) is 16.6 Å². The normalized spacial score (nSPS) is 12.5. The molecule has 0 aliphatic rings. The van der Waals surface area contributed by atoms with Gasteiger partial charge in [-0.05, 0) is 50.6 Å². The lowest BCUT2D eigenvalue weighted by Gasteiger charge is -2.29. The molecular formula is C20H23ClFNO4S. The van der Waals surface area contributed by atoms with Crippen LogP contribution in [0.15, 0.2) is 42.5 Å². The summed E-state index contributed by atoms with van der Waals surface area (Å²) in [4.78, 5) is 14.5. The zero-order valence-corrected chi connectivity index (χ0v) is 17.6. The smallest absolute Gasteiger partial charge is 0.308 e. The molecule has 2 aromatic carbocycles. The van der Waals surface area contributed by atoms with E-state index >= 15 is 0 Å². The van der Waals surface area contributed by atoms with Crippen LogP contribution in [-0.4, -0.2) is 31.0 Å². The minimum Gasteiger partial charge on any atom is -0.382 e. The van der Waals surface area contributed by atoms with Gasteiger partial charge in [0.25, 0.3) is 5.91 Å². The van der Waals surface area contributed by atoms with Gasteiger partial charge in [0.2, 0.25) is 0 Å². The third-order valence-electron chi connectivity index (χ3n) is 4.42. The Hall–Kier alpha value is -2.12. The molecule has 5 nitrogen and oxygen atoms in total. The van der Waals surface area contributed by atoms with Crippen LogP contribution in [0.3, 0.4) is 0 Å². The summed E-state index contributed by atoms with van der Waals surface area (Å²) in [5.74, 6) is -1.20. The Morgan fingerprint density at radius 3 is 2.50 bits per heavy atom. The average Bonchev–Trinajstić information content (AvgIpc) is 2.67. The molecular weight excluding hydrogens is 405 g/mol. The van der Waals surface area contributed by atoms with Crippen molar-refractivity contribution in [2.24, 2.45) is 0 Å².